The minimum atomic E-state index is -0.485. The standard InChI is InChI=1S/C20H29N5O4/c1-29-17-14-15(4-5-16(17)25-11-6-18(26)23-20(25)28)19(27)22-7-2-3-10-24-12-8-21-9-13-24/h4-5,14,21H,2-3,6-13H2,1H3,(H,22,27)(H,23,26,28). The number of piperazine rings is 1. The second kappa shape index (κ2) is 10.2. The number of unbranched alkanes of at least 4 members (excludes halogenated alkanes) is 1. The summed E-state index contributed by atoms with van der Waals surface area (Å²) in [6.07, 6.45) is 2.20. The molecule has 2 saturated heterocycles. The van der Waals surface area contributed by atoms with Gasteiger partial charge in [0.25, 0.3) is 5.91 Å². The number of anilines is 1. The molecule has 0 spiro atoms. The number of amides is 4. The van der Waals surface area contributed by atoms with Crippen LogP contribution in [0.1, 0.15) is 29.6 Å². The van der Waals surface area contributed by atoms with E-state index in [0.29, 0.717) is 23.5 Å². The summed E-state index contributed by atoms with van der Waals surface area (Å²) >= 11 is 0. The van der Waals surface area contributed by atoms with Gasteiger partial charge in [0.1, 0.15) is 5.75 Å². The number of benzene rings is 1. The normalized spacial score (nSPS) is 17.8. The Kier molecular flexibility index (Phi) is 7.42. The molecule has 2 heterocycles. The van der Waals surface area contributed by atoms with E-state index >= 15 is 0 Å². The van der Waals surface area contributed by atoms with Crippen molar-refractivity contribution in [2.45, 2.75) is 19.3 Å². The first-order chi connectivity index (χ1) is 14.1. The maximum Gasteiger partial charge on any atom is 0.328 e. The molecule has 2 fully saturated rings. The van der Waals surface area contributed by atoms with E-state index in [1.54, 1.807) is 18.2 Å². The third-order valence-corrected chi connectivity index (χ3v) is 5.18. The smallest absolute Gasteiger partial charge is 0.328 e. The fourth-order valence-corrected chi connectivity index (χ4v) is 3.53. The van der Waals surface area contributed by atoms with Crippen LogP contribution in [0.2, 0.25) is 0 Å². The maximum absolute atomic E-state index is 12.4. The first-order valence-corrected chi connectivity index (χ1v) is 10.1. The Morgan fingerprint density at radius 1 is 1.17 bits per heavy atom. The molecule has 2 aliphatic rings. The summed E-state index contributed by atoms with van der Waals surface area (Å²) < 4.78 is 5.38. The van der Waals surface area contributed by atoms with Gasteiger partial charge in [-0.05, 0) is 37.6 Å². The van der Waals surface area contributed by atoms with Gasteiger partial charge in [0.2, 0.25) is 5.91 Å². The summed E-state index contributed by atoms with van der Waals surface area (Å²) in [5.41, 5.74) is 1.01. The first kappa shape index (κ1) is 21.1. The van der Waals surface area contributed by atoms with Gasteiger partial charge in [-0.1, -0.05) is 0 Å². The second-order valence-electron chi connectivity index (χ2n) is 7.20. The van der Waals surface area contributed by atoms with Crippen molar-refractivity contribution in [1.82, 2.24) is 20.9 Å². The van der Waals surface area contributed by atoms with Crippen LogP contribution in [-0.2, 0) is 4.79 Å². The molecule has 3 N–H and O–H groups in total. The van der Waals surface area contributed by atoms with Crippen molar-refractivity contribution in [2.75, 3.05) is 57.8 Å². The fourth-order valence-electron chi connectivity index (χ4n) is 3.53. The summed E-state index contributed by atoms with van der Waals surface area (Å²) in [5.74, 6) is -0.0469. The minimum Gasteiger partial charge on any atom is -0.495 e. The van der Waals surface area contributed by atoms with Gasteiger partial charge in [0, 0.05) is 51.3 Å². The molecular weight excluding hydrogens is 374 g/mol. The van der Waals surface area contributed by atoms with Crippen LogP contribution < -0.4 is 25.6 Å². The zero-order chi connectivity index (χ0) is 20.6. The third kappa shape index (κ3) is 5.68. The Morgan fingerprint density at radius 3 is 2.69 bits per heavy atom. The van der Waals surface area contributed by atoms with E-state index in [4.69, 9.17) is 4.74 Å². The number of imide groups is 1. The molecule has 0 atom stereocenters. The molecule has 0 aromatic heterocycles. The van der Waals surface area contributed by atoms with Crippen LogP contribution in [0.4, 0.5) is 10.5 Å². The number of carbonyl (C=O) groups excluding carboxylic acids is 3. The summed E-state index contributed by atoms with van der Waals surface area (Å²) in [7, 11) is 1.49. The van der Waals surface area contributed by atoms with Crippen LogP contribution >= 0.6 is 0 Å². The molecule has 0 aliphatic carbocycles. The highest BCUT2D eigenvalue weighted by Gasteiger charge is 2.26. The second-order valence-corrected chi connectivity index (χ2v) is 7.20. The summed E-state index contributed by atoms with van der Waals surface area (Å²) in [4.78, 5) is 39.7. The number of ether oxygens (including phenoxy) is 1. The molecule has 1 aromatic rings. The average molecular weight is 403 g/mol. The lowest BCUT2D eigenvalue weighted by Gasteiger charge is -2.28. The van der Waals surface area contributed by atoms with Crippen molar-refractivity contribution in [3.8, 4) is 5.75 Å². The van der Waals surface area contributed by atoms with Crippen LogP contribution in [0.3, 0.4) is 0 Å². The van der Waals surface area contributed by atoms with Gasteiger partial charge < -0.3 is 20.3 Å². The van der Waals surface area contributed by atoms with Crippen LogP contribution in [0, 0.1) is 0 Å². The zero-order valence-corrected chi connectivity index (χ0v) is 16.8. The minimum absolute atomic E-state index is 0.171. The first-order valence-electron chi connectivity index (χ1n) is 10.1. The van der Waals surface area contributed by atoms with Gasteiger partial charge in [-0.25, -0.2) is 4.79 Å². The number of nitrogens with zero attached hydrogens (tertiary/aromatic N) is 2. The van der Waals surface area contributed by atoms with E-state index in [-0.39, 0.29) is 24.8 Å². The zero-order valence-electron chi connectivity index (χ0n) is 16.8. The molecule has 3 rings (SSSR count). The Balaban J connectivity index is 1.50. The van der Waals surface area contributed by atoms with Gasteiger partial charge >= 0.3 is 6.03 Å². The Labute approximate surface area is 170 Å². The van der Waals surface area contributed by atoms with Gasteiger partial charge in [0.15, 0.2) is 0 Å². The van der Waals surface area contributed by atoms with E-state index in [2.05, 4.69) is 20.9 Å². The van der Waals surface area contributed by atoms with E-state index < -0.39 is 6.03 Å². The lowest BCUT2D eigenvalue weighted by Crippen LogP contribution is -2.49. The molecule has 1 aromatic carbocycles. The highest BCUT2D eigenvalue weighted by Crippen LogP contribution is 2.30. The van der Waals surface area contributed by atoms with Crippen LogP contribution in [0.5, 0.6) is 5.75 Å². The van der Waals surface area contributed by atoms with Gasteiger partial charge in [-0.2, -0.15) is 0 Å². The SMILES string of the molecule is COc1cc(C(=O)NCCCCN2CCNCC2)ccc1N1CCC(=O)NC1=O. The van der Waals surface area contributed by atoms with Crippen molar-refractivity contribution in [2.24, 2.45) is 0 Å². The van der Waals surface area contributed by atoms with Crippen molar-refractivity contribution >= 4 is 23.5 Å². The van der Waals surface area contributed by atoms with Crippen molar-refractivity contribution in [1.29, 1.82) is 0 Å². The maximum atomic E-state index is 12.4. The highest BCUT2D eigenvalue weighted by molar-refractivity contribution is 6.06. The molecule has 0 saturated carbocycles. The van der Waals surface area contributed by atoms with Gasteiger partial charge in [0.05, 0.1) is 12.8 Å². The predicted octanol–water partition coefficient (Wildman–Crippen LogP) is 0.557. The molecule has 2 aliphatic heterocycles. The van der Waals surface area contributed by atoms with E-state index in [0.717, 1.165) is 45.6 Å². The van der Waals surface area contributed by atoms with E-state index in [9.17, 15) is 14.4 Å². The lowest BCUT2D eigenvalue weighted by atomic mass is 10.1. The third-order valence-electron chi connectivity index (χ3n) is 5.18. The van der Waals surface area contributed by atoms with Crippen molar-refractivity contribution < 1.29 is 19.1 Å². The van der Waals surface area contributed by atoms with Crippen LogP contribution in [0.25, 0.3) is 0 Å². The molecule has 29 heavy (non-hydrogen) atoms. The van der Waals surface area contributed by atoms with Crippen molar-refractivity contribution in [3.63, 3.8) is 0 Å². The molecule has 0 unspecified atom stereocenters. The van der Waals surface area contributed by atoms with Gasteiger partial charge in [-0.3, -0.25) is 19.8 Å². The summed E-state index contributed by atoms with van der Waals surface area (Å²) in [5, 5.41) is 8.56. The molecule has 4 amide bonds. The highest BCUT2D eigenvalue weighted by atomic mass is 16.5. The monoisotopic (exact) mass is 403 g/mol. The van der Waals surface area contributed by atoms with Crippen molar-refractivity contribution in [3.05, 3.63) is 23.8 Å². The Morgan fingerprint density at radius 2 is 1.97 bits per heavy atom. The van der Waals surface area contributed by atoms with E-state index in [1.807, 2.05) is 0 Å². The topological polar surface area (TPSA) is 103 Å². The Hall–Kier alpha value is -2.65. The fraction of sp³-hybridized carbons (Fsp3) is 0.550. The van der Waals surface area contributed by atoms with Crippen LogP contribution in [0.15, 0.2) is 18.2 Å². The molecule has 158 valence electrons. The largest absolute Gasteiger partial charge is 0.495 e. The molecular formula is C20H29N5O4. The van der Waals surface area contributed by atoms with E-state index in [1.165, 1.54) is 12.0 Å². The predicted molar refractivity (Wildman–Crippen MR) is 109 cm³/mol. The van der Waals surface area contributed by atoms with Gasteiger partial charge in [-0.15, -0.1) is 0 Å². The number of hydrogen-bond donors (Lipinski definition) is 3. The summed E-state index contributed by atoms with van der Waals surface area (Å²) in [6, 6.07) is 4.47. The Bertz CT molecular complexity index is 748. The number of urea groups is 1. The number of methoxy groups -OCH3 is 1. The molecule has 9 heteroatoms. The molecule has 0 bridgehead atoms. The lowest BCUT2D eigenvalue weighted by molar-refractivity contribution is -0.120. The summed E-state index contributed by atoms with van der Waals surface area (Å²) in [6.45, 7) is 6.21. The average Bonchev–Trinajstić information content (AvgIpc) is 2.74. The number of rotatable bonds is 8. The molecule has 9 nitrogen and oxygen atoms in total. The quantitative estimate of drug-likeness (QED) is 0.548. The number of nitrogens with one attached hydrogen (secondary N) is 3. The van der Waals surface area contributed by atoms with Crippen LogP contribution in [-0.4, -0.2) is 75.7 Å². The number of carbonyl (C=O) groups is 3. The number of hydrogen-bond acceptors (Lipinski definition) is 6. The molecule has 0 radical (unpaired) electrons.